The molecule has 134 heavy (non-hydrogen) atoms. The fourth-order valence-corrected chi connectivity index (χ4v) is 18.9. The van der Waals surface area contributed by atoms with Crippen LogP contribution in [0.25, 0.3) is 4.13 Å². The van der Waals surface area contributed by atoms with E-state index in [0.717, 1.165) is 37.2 Å². The monoisotopic (exact) mass is 1970 g/mol. The Morgan fingerprint density at radius 2 is 0.754 bits per heavy atom. The van der Waals surface area contributed by atoms with Gasteiger partial charge >= 0.3 is 45.8 Å². The predicted molar refractivity (Wildman–Crippen MR) is 521 cm³/mol. The smallest absolute Gasteiger partial charge is 0.432 e. The van der Waals surface area contributed by atoms with E-state index in [4.69, 9.17) is 9.47 Å². The molecule has 0 aliphatic carbocycles. The topological polar surface area (TPSA) is 218 Å². The van der Waals surface area contributed by atoms with Gasteiger partial charge in [-0.25, -0.2) is 30.0 Å². The number of hydrogen-bond acceptors (Lipinski definition) is 13. The van der Waals surface area contributed by atoms with E-state index >= 15 is 0 Å². The summed E-state index contributed by atoms with van der Waals surface area (Å²) in [5, 5.41) is -18.4. The van der Waals surface area contributed by atoms with Gasteiger partial charge in [0.05, 0.1) is 51.7 Å². The molecule has 0 N–H and O–H groups in total. The lowest BCUT2D eigenvalue weighted by Crippen LogP contribution is -2.64. The van der Waals surface area contributed by atoms with E-state index in [9.17, 15) is 92.5 Å². The van der Waals surface area contributed by atoms with E-state index in [2.05, 4.69) is 306 Å². The fourth-order valence-electron chi connectivity index (χ4n) is 11.5. The highest BCUT2D eigenvalue weighted by atomic mass is 32.3. The number of ether oxygens (including phenoxy) is 3. The maximum atomic E-state index is 13.0. The van der Waals surface area contributed by atoms with E-state index in [1.807, 2.05) is 69.3 Å². The zero-order valence-electron chi connectivity index (χ0n) is 74.3. The molecule has 0 bridgehead atoms. The first kappa shape index (κ1) is 124. The number of aryl methyl sites for hydroxylation is 2. The summed E-state index contributed by atoms with van der Waals surface area (Å²) in [4.78, 5) is 43.7. The van der Waals surface area contributed by atoms with Crippen LogP contribution in [0, 0.1) is 31.6 Å². The maximum absolute atomic E-state index is 13.0. The fraction of sp³-hybridized carbons (Fsp3) is 0.385. The van der Waals surface area contributed by atoms with Gasteiger partial charge in [-0.15, -0.1) is 0 Å². The quantitative estimate of drug-likeness (QED) is 0.0154. The first-order valence-corrected chi connectivity index (χ1v) is 47.3. The highest BCUT2D eigenvalue weighted by Gasteiger charge is 2.82. The normalized spacial score (nSPS) is 14.4. The highest BCUT2D eigenvalue weighted by molar-refractivity contribution is 8.13. The van der Waals surface area contributed by atoms with Gasteiger partial charge in [-0.1, -0.05) is 295 Å². The molecule has 0 radical (unpaired) electrons. The Morgan fingerprint density at radius 1 is 0.448 bits per heavy atom. The minimum Gasteiger partial charge on any atom is -0.743 e. The second kappa shape index (κ2) is 50.8. The van der Waals surface area contributed by atoms with Crippen LogP contribution in [0.1, 0.15) is 228 Å². The van der Waals surface area contributed by atoms with Gasteiger partial charge in [0.25, 0.3) is 6.10 Å². The van der Waals surface area contributed by atoms with Crippen molar-refractivity contribution in [2.75, 3.05) is 6.61 Å². The molecule has 30 heteroatoms. The molecule has 2 atom stereocenters. The van der Waals surface area contributed by atoms with Crippen LogP contribution in [0.15, 0.2) is 296 Å². The van der Waals surface area contributed by atoms with Crippen LogP contribution in [0.5, 0.6) is 5.75 Å². The Morgan fingerprint density at radius 3 is 1.05 bits per heavy atom. The SMILES string of the molecule is C.C.C.C.C.C.CCC(C)(C)C(=O)OC(C(F)(F)F)C(F)(F)S(=O)(=O)[O-].CCC(C)(C)C(=O)OCCc1ccc([S+](c2ccccc2)c2ccccc2)cc1.CCC(C)c1ccc(C(=O)Oc2ccc([S+](c3ccccc3)c3ccccc3)cc2)cc1.Cc1ccc(C)cc1.O=S1(=O)[N-]S(=O)(=O)C(F)(F)C(F)(F)C1(F)F.[CH2+]C(C)(c1ccc(C(C)(C)C)cc1)c1ccc(C(C)(C)C)cc1. The van der Waals surface area contributed by atoms with Crippen molar-refractivity contribution < 1.29 is 107 Å². The molecule has 1 saturated heterocycles. The van der Waals surface area contributed by atoms with Crippen LogP contribution >= 0.6 is 0 Å². The molecule has 10 aromatic carbocycles. The lowest BCUT2D eigenvalue weighted by Gasteiger charge is -2.42. The van der Waals surface area contributed by atoms with Crippen molar-refractivity contribution in [1.29, 1.82) is 0 Å². The van der Waals surface area contributed by atoms with Gasteiger partial charge in [-0.3, -0.25) is 9.59 Å². The third-order valence-corrected chi connectivity index (χ3v) is 29.6. The van der Waals surface area contributed by atoms with Crippen molar-refractivity contribution in [3.63, 3.8) is 0 Å². The van der Waals surface area contributed by atoms with Crippen molar-refractivity contribution in [2.45, 2.75) is 273 Å². The van der Waals surface area contributed by atoms with Gasteiger partial charge in [-0.2, -0.15) is 48.3 Å². The number of carbonyl (C=O) groups is 3. The lowest BCUT2D eigenvalue weighted by molar-refractivity contribution is -0.262. The first-order valence-electron chi connectivity index (χ1n) is 40.6. The molecule has 14 nitrogen and oxygen atoms in total. The minimum absolute atomic E-state index is 0. The van der Waals surface area contributed by atoms with E-state index in [1.165, 1.54) is 80.8 Å². The standard InChI is InChI=1S/C29H27O2S.C26H29O2S.C23H31.C9H13F5O5S.C8H10.C3F6NO4S2.6CH4/c1-3-22(2)23-14-16-24(17-15-23)29(30)31-25-18-20-28(21-19-25)32(26-10-6-4-7-11-26)27-12-8-5-9-13-27;1-4-26(2,3)25(27)28-20-19-21-15-17-24(18-16-21)29(22-11-7-5-8-12-22)23-13-9-6-10-14-23;1-21(2,3)17-9-13-19(14-10-17)23(7,8)20-15-11-18(12-16-20)22(4,5)6;1-4-7(2,3)6(15)19-5(8(10,11)12)9(13,14)20(16,17)18;1-7-3-5-8(2)6-4-7;4-1(5)2(6,7)15(11,12)10-16(13,14)3(1,8)9;;;;;;/h4-22H,3H2,1-2H3;5-18H,4,19-20H2,1-3H3;9-16H,7H2,1-6,8H3;5H,4H2,1-3H3,(H,16,17,18);3-6H,1-2H3;;6*1H4/q3*+1;;;-1;;;;;;/p-1. The van der Waals surface area contributed by atoms with Crippen LogP contribution in [0.2, 0.25) is 0 Å². The molecule has 0 amide bonds. The highest BCUT2D eigenvalue weighted by Crippen LogP contribution is 2.58. The third-order valence-electron chi connectivity index (χ3n) is 20.9. The van der Waals surface area contributed by atoms with Gasteiger partial charge in [0.15, 0.2) is 65.0 Å². The summed E-state index contributed by atoms with van der Waals surface area (Å²) in [7, 11) is -20.2. The Balaban J connectivity index is 0.00000162. The van der Waals surface area contributed by atoms with Crippen LogP contribution in [0.3, 0.4) is 0 Å². The summed E-state index contributed by atoms with van der Waals surface area (Å²) in [6.45, 7) is 38.6. The third kappa shape index (κ3) is 32.4. The number of hydrogen-bond donors (Lipinski definition) is 0. The molecular weight excluding hydrogens is 1840 g/mol. The number of nitrogens with zero attached hydrogens (tertiary/aromatic N) is 1. The predicted octanol–water partition coefficient (Wildman–Crippen LogP) is 29.2. The summed E-state index contributed by atoms with van der Waals surface area (Å²) in [5.41, 5.74) is 9.06. The zero-order chi connectivity index (χ0) is 96.3. The molecule has 10 aromatic rings. The number of benzene rings is 10. The van der Waals surface area contributed by atoms with E-state index < -0.39 is 80.9 Å². The molecule has 738 valence electrons. The second-order valence-electron chi connectivity index (χ2n) is 33.8. The van der Waals surface area contributed by atoms with E-state index in [0.29, 0.717) is 23.8 Å². The van der Waals surface area contributed by atoms with Crippen LogP contribution in [0.4, 0.5) is 48.3 Å². The lowest BCUT2D eigenvalue weighted by atomic mass is 9.75. The van der Waals surface area contributed by atoms with Crippen molar-refractivity contribution >= 4 is 69.9 Å². The summed E-state index contributed by atoms with van der Waals surface area (Å²) in [5.74, 6) is -7.71. The number of alkyl halides is 11. The van der Waals surface area contributed by atoms with Crippen molar-refractivity contribution in [2.24, 2.45) is 10.8 Å². The summed E-state index contributed by atoms with van der Waals surface area (Å²) >= 11 is 0. The second-order valence-corrected chi connectivity index (χ2v) is 42.8. The van der Waals surface area contributed by atoms with Crippen LogP contribution in [-0.2, 0) is 93.7 Å². The molecule has 1 heterocycles. The first-order chi connectivity index (χ1) is 59.1. The summed E-state index contributed by atoms with van der Waals surface area (Å²) < 4.78 is 226. The van der Waals surface area contributed by atoms with E-state index in [1.54, 1.807) is 0 Å². The Bertz CT molecular complexity index is 5390. The van der Waals surface area contributed by atoms with Gasteiger partial charge in [0, 0.05) is 17.5 Å². The molecular formula is C104H133F11NO13S5+. The molecule has 0 spiro atoms. The summed E-state index contributed by atoms with van der Waals surface area (Å²) in [6.07, 6.45) is -7.73. The molecule has 2 unspecified atom stereocenters. The molecule has 1 aliphatic heterocycles. The van der Waals surface area contributed by atoms with Gasteiger partial charge in [0.1, 0.15) is 5.75 Å². The van der Waals surface area contributed by atoms with Crippen molar-refractivity contribution in [3.05, 3.63) is 328 Å². The number of carbonyl (C=O) groups excluding carboxylic acids is 3. The molecule has 11 rings (SSSR count). The van der Waals surface area contributed by atoms with E-state index in [-0.39, 0.29) is 101 Å². The average Bonchev–Trinajstić information content (AvgIpc) is 0.692. The number of rotatable bonds is 22. The largest absolute Gasteiger partial charge is 0.743 e. The number of sulfonamides is 2. The minimum atomic E-state index is -6.66. The Hall–Kier alpha value is -9.82. The van der Waals surface area contributed by atoms with Gasteiger partial charge in [0.2, 0.25) is 0 Å². The van der Waals surface area contributed by atoms with Crippen LogP contribution in [-0.4, -0.2) is 88.3 Å². The zero-order valence-corrected chi connectivity index (χ0v) is 78.3. The average molecular weight is 1970 g/mol. The van der Waals surface area contributed by atoms with Gasteiger partial charge < -0.3 is 22.9 Å². The van der Waals surface area contributed by atoms with Crippen molar-refractivity contribution in [1.82, 2.24) is 0 Å². The Kier molecular flexibility index (Phi) is 47.1. The molecule has 1 fully saturated rings. The number of esters is 3. The molecule has 1 aliphatic rings. The number of halogens is 11. The van der Waals surface area contributed by atoms with Gasteiger partial charge in [-0.05, 0) is 204 Å². The molecule has 0 saturated carbocycles. The Labute approximate surface area is 796 Å². The van der Waals surface area contributed by atoms with Crippen molar-refractivity contribution in [3.8, 4) is 5.75 Å². The maximum Gasteiger partial charge on any atom is 0.432 e. The van der Waals surface area contributed by atoms with Crippen LogP contribution < -0.4 is 4.74 Å². The summed E-state index contributed by atoms with van der Waals surface area (Å²) in [6, 6.07) is 92.9. The molecule has 0 aromatic heterocycles.